The maximum Gasteiger partial charge on any atom is 0.281 e. The number of benzene rings is 2. The molecule has 0 aliphatic heterocycles. The van der Waals surface area contributed by atoms with E-state index in [1.54, 1.807) is 6.07 Å². The third kappa shape index (κ3) is 6.54. The third-order valence-corrected chi connectivity index (χ3v) is 8.18. The van der Waals surface area contributed by atoms with E-state index in [1.165, 1.54) is 24.3 Å². The first-order chi connectivity index (χ1) is 17.8. The smallest absolute Gasteiger partial charge is 0.281 e. The Morgan fingerprint density at radius 1 is 0.974 bits per heavy atom. The lowest BCUT2D eigenvalue weighted by atomic mass is 9.93. The van der Waals surface area contributed by atoms with Gasteiger partial charge in [-0.2, -0.15) is 12.8 Å². The van der Waals surface area contributed by atoms with Crippen LogP contribution in [0, 0.1) is 31.0 Å². The number of nitrogens with zero attached hydrogens (tertiary/aromatic N) is 2. The average Bonchev–Trinajstić information content (AvgIpc) is 3.20. The molecule has 4 aromatic rings. The number of sulfonamides is 1. The summed E-state index contributed by atoms with van der Waals surface area (Å²) in [4.78, 5) is 8.65. The number of nitrogens with one attached hydrogen (secondary N) is 1. The van der Waals surface area contributed by atoms with Crippen molar-refractivity contribution in [3.05, 3.63) is 77.5 Å². The summed E-state index contributed by atoms with van der Waals surface area (Å²) < 4.78 is 62.5. The standard InChI is InChI=1S/C28H29F2N3O3S2/c1-17-8-6-9-18(2)24(17)25-26(19-14-20(29)16-21(15-19)36-13-12-28(3,4)5)37-27(32-25)33-38(34,35)23-11-7-10-22(30)31-23/h6-11,14-16H,12-13H2,1-5H3,(H,32,33). The van der Waals surface area contributed by atoms with Crippen molar-refractivity contribution in [2.45, 2.75) is 46.1 Å². The van der Waals surface area contributed by atoms with Gasteiger partial charge in [0, 0.05) is 17.2 Å². The third-order valence-electron chi connectivity index (χ3n) is 5.79. The van der Waals surface area contributed by atoms with Crippen LogP contribution in [-0.2, 0) is 10.0 Å². The van der Waals surface area contributed by atoms with Gasteiger partial charge in [-0.3, -0.25) is 4.72 Å². The van der Waals surface area contributed by atoms with Crippen LogP contribution in [0.15, 0.2) is 59.6 Å². The zero-order valence-corrected chi connectivity index (χ0v) is 23.4. The molecule has 0 bridgehead atoms. The second-order valence-electron chi connectivity index (χ2n) is 10.2. The lowest BCUT2D eigenvalue weighted by Crippen LogP contribution is -2.14. The van der Waals surface area contributed by atoms with Crippen LogP contribution in [0.5, 0.6) is 5.75 Å². The predicted octanol–water partition coefficient (Wildman–Crippen LogP) is 7.38. The summed E-state index contributed by atoms with van der Waals surface area (Å²) in [5.74, 6) is -1.03. The molecule has 0 unspecified atom stereocenters. The van der Waals surface area contributed by atoms with Crippen LogP contribution < -0.4 is 9.46 Å². The molecule has 200 valence electrons. The summed E-state index contributed by atoms with van der Waals surface area (Å²) in [7, 11) is -4.22. The zero-order chi connectivity index (χ0) is 27.7. The number of thiazole rings is 1. The molecular weight excluding hydrogens is 528 g/mol. The Morgan fingerprint density at radius 2 is 1.66 bits per heavy atom. The Hall–Kier alpha value is -3.37. The quantitative estimate of drug-likeness (QED) is 0.229. The molecular formula is C28H29F2N3O3S2. The molecule has 0 amide bonds. The summed E-state index contributed by atoms with van der Waals surface area (Å²) in [5, 5.41) is -0.425. The monoisotopic (exact) mass is 557 g/mol. The molecule has 0 saturated heterocycles. The van der Waals surface area contributed by atoms with Gasteiger partial charge < -0.3 is 4.74 Å². The number of ether oxygens (including phenoxy) is 1. The van der Waals surface area contributed by atoms with Crippen molar-refractivity contribution in [3.8, 4) is 27.4 Å². The van der Waals surface area contributed by atoms with Crippen molar-refractivity contribution in [1.29, 1.82) is 0 Å². The Kier molecular flexibility index (Phi) is 7.85. The topological polar surface area (TPSA) is 81.2 Å². The number of aromatic nitrogens is 2. The zero-order valence-electron chi connectivity index (χ0n) is 21.8. The fourth-order valence-electron chi connectivity index (χ4n) is 3.88. The van der Waals surface area contributed by atoms with E-state index in [0.717, 1.165) is 40.5 Å². The molecule has 10 heteroatoms. The predicted molar refractivity (Wildman–Crippen MR) is 147 cm³/mol. The van der Waals surface area contributed by atoms with Gasteiger partial charge in [0.1, 0.15) is 11.6 Å². The van der Waals surface area contributed by atoms with Crippen LogP contribution in [0.25, 0.3) is 21.7 Å². The molecule has 0 saturated carbocycles. The van der Waals surface area contributed by atoms with Crippen LogP contribution >= 0.6 is 11.3 Å². The Labute approximate surface area is 225 Å². The molecule has 4 rings (SSSR count). The van der Waals surface area contributed by atoms with Crippen LogP contribution in [0.1, 0.15) is 38.3 Å². The van der Waals surface area contributed by atoms with Crippen molar-refractivity contribution in [1.82, 2.24) is 9.97 Å². The molecule has 2 heterocycles. The number of hydrogen-bond donors (Lipinski definition) is 1. The maximum absolute atomic E-state index is 14.8. The van der Waals surface area contributed by atoms with Gasteiger partial charge in [0.25, 0.3) is 10.0 Å². The molecule has 0 fully saturated rings. The van der Waals surface area contributed by atoms with Crippen molar-refractivity contribution in [2.75, 3.05) is 11.3 Å². The second kappa shape index (κ2) is 10.8. The molecule has 0 atom stereocenters. The van der Waals surface area contributed by atoms with E-state index in [4.69, 9.17) is 4.74 Å². The summed E-state index contributed by atoms with van der Waals surface area (Å²) in [5.41, 5.74) is 3.73. The van der Waals surface area contributed by atoms with E-state index >= 15 is 0 Å². The van der Waals surface area contributed by atoms with Crippen LogP contribution in [-0.4, -0.2) is 25.0 Å². The summed E-state index contributed by atoms with van der Waals surface area (Å²) in [6, 6.07) is 13.7. The van der Waals surface area contributed by atoms with Gasteiger partial charge in [0.2, 0.25) is 5.95 Å². The molecule has 0 spiro atoms. The van der Waals surface area contributed by atoms with Gasteiger partial charge in [0.05, 0.1) is 17.2 Å². The minimum absolute atomic E-state index is 0.0446. The number of hydrogen-bond acceptors (Lipinski definition) is 6. The van der Waals surface area contributed by atoms with Crippen molar-refractivity contribution < 1.29 is 21.9 Å². The van der Waals surface area contributed by atoms with Gasteiger partial charge in [-0.25, -0.2) is 14.4 Å². The highest BCUT2D eigenvalue weighted by molar-refractivity contribution is 7.92. The molecule has 0 radical (unpaired) electrons. The van der Waals surface area contributed by atoms with E-state index in [0.29, 0.717) is 28.5 Å². The van der Waals surface area contributed by atoms with Gasteiger partial charge in [-0.05, 0) is 61.1 Å². The number of rotatable bonds is 8. The maximum atomic E-state index is 14.8. The first-order valence-corrected chi connectivity index (χ1v) is 14.3. The van der Waals surface area contributed by atoms with Gasteiger partial charge in [-0.1, -0.05) is 56.4 Å². The molecule has 2 aromatic heterocycles. The Bertz CT molecular complexity index is 1560. The number of pyridine rings is 1. The van der Waals surface area contributed by atoms with Gasteiger partial charge >= 0.3 is 0 Å². The van der Waals surface area contributed by atoms with Crippen molar-refractivity contribution in [2.24, 2.45) is 5.41 Å². The largest absolute Gasteiger partial charge is 0.493 e. The summed E-state index contributed by atoms with van der Waals surface area (Å²) in [6.45, 7) is 10.6. The fraction of sp³-hybridized carbons (Fsp3) is 0.286. The first-order valence-electron chi connectivity index (χ1n) is 12.0. The van der Waals surface area contributed by atoms with Crippen LogP contribution in [0.3, 0.4) is 0 Å². The van der Waals surface area contributed by atoms with Gasteiger partial charge in [0.15, 0.2) is 10.2 Å². The number of anilines is 1. The highest BCUT2D eigenvalue weighted by Crippen LogP contribution is 2.43. The van der Waals surface area contributed by atoms with Crippen molar-refractivity contribution >= 4 is 26.5 Å². The first kappa shape index (κ1) is 27.7. The molecule has 0 aliphatic carbocycles. The van der Waals surface area contributed by atoms with Crippen molar-refractivity contribution in [3.63, 3.8) is 0 Å². The molecule has 6 nitrogen and oxygen atoms in total. The molecule has 0 aliphatic rings. The minimum Gasteiger partial charge on any atom is -0.493 e. The average molecular weight is 558 g/mol. The Balaban J connectivity index is 1.80. The SMILES string of the molecule is Cc1cccc(C)c1-c1nc(NS(=O)(=O)c2cccc(F)n2)sc1-c1cc(F)cc(OCCC(C)(C)C)c1. The molecule has 1 N–H and O–H groups in total. The Morgan fingerprint density at radius 3 is 2.32 bits per heavy atom. The summed E-state index contributed by atoms with van der Waals surface area (Å²) in [6.07, 6.45) is 0.785. The number of aryl methyl sites for hydroxylation is 2. The summed E-state index contributed by atoms with van der Waals surface area (Å²) >= 11 is 1.05. The molecule has 38 heavy (non-hydrogen) atoms. The van der Waals surface area contributed by atoms with E-state index in [2.05, 4.69) is 35.5 Å². The van der Waals surface area contributed by atoms with E-state index in [-0.39, 0.29) is 10.5 Å². The van der Waals surface area contributed by atoms with Gasteiger partial charge in [-0.15, -0.1) is 0 Å². The molecule has 2 aromatic carbocycles. The fourth-order valence-corrected chi connectivity index (χ4v) is 6.03. The van der Waals surface area contributed by atoms with Crippen LogP contribution in [0.2, 0.25) is 0 Å². The highest BCUT2D eigenvalue weighted by Gasteiger charge is 2.24. The van der Waals surface area contributed by atoms with E-state index in [1.807, 2.05) is 32.0 Å². The lowest BCUT2D eigenvalue weighted by Gasteiger charge is -2.18. The normalized spacial score (nSPS) is 12.0. The second-order valence-corrected chi connectivity index (χ2v) is 12.8. The lowest BCUT2D eigenvalue weighted by molar-refractivity contribution is 0.242. The van der Waals surface area contributed by atoms with Crippen LogP contribution in [0.4, 0.5) is 13.9 Å². The number of halogens is 2. The minimum atomic E-state index is -4.22. The highest BCUT2D eigenvalue weighted by atomic mass is 32.2. The van der Waals surface area contributed by atoms with E-state index < -0.39 is 26.8 Å². The van der Waals surface area contributed by atoms with E-state index in [9.17, 15) is 17.2 Å².